The topological polar surface area (TPSA) is 92.3 Å². The highest BCUT2D eigenvalue weighted by Crippen LogP contribution is 2.18. The Labute approximate surface area is 124 Å². The third-order valence-electron chi connectivity index (χ3n) is 3.43. The molecule has 1 amide bonds. The minimum atomic E-state index is -3.01. The van der Waals surface area contributed by atoms with Crippen molar-refractivity contribution in [1.82, 2.24) is 14.9 Å². The van der Waals surface area contributed by atoms with Crippen molar-refractivity contribution in [3.05, 3.63) is 17.7 Å². The van der Waals surface area contributed by atoms with Crippen molar-refractivity contribution in [2.45, 2.75) is 19.8 Å². The number of nitrogens with zero attached hydrogens (tertiary/aromatic N) is 3. The van der Waals surface area contributed by atoms with E-state index in [1.165, 1.54) is 4.90 Å². The van der Waals surface area contributed by atoms with Crippen LogP contribution in [0.2, 0.25) is 0 Å². The molecule has 0 spiro atoms. The van der Waals surface area contributed by atoms with Crippen molar-refractivity contribution in [1.29, 1.82) is 0 Å². The molecule has 0 aromatic carbocycles. The summed E-state index contributed by atoms with van der Waals surface area (Å²) in [7, 11) is -1.31. The van der Waals surface area contributed by atoms with E-state index in [2.05, 4.69) is 15.3 Å². The summed E-state index contributed by atoms with van der Waals surface area (Å²) in [5, 5.41) is 2.91. The maximum absolute atomic E-state index is 12.6. The molecule has 1 aliphatic heterocycles. The summed E-state index contributed by atoms with van der Waals surface area (Å²) in [6, 6.07) is 0. The lowest BCUT2D eigenvalue weighted by atomic mass is 10.2. The van der Waals surface area contributed by atoms with Crippen molar-refractivity contribution in [3.63, 3.8) is 0 Å². The van der Waals surface area contributed by atoms with Gasteiger partial charge in [-0.05, 0) is 0 Å². The number of carbonyl (C=O) groups is 1. The summed E-state index contributed by atoms with van der Waals surface area (Å²) in [4.78, 5) is 22.7. The van der Waals surface area contributed by atoms with Gasteiger partial charge < -0.3 is 10.2 Å². The van der Waals surface area contributed by atoms with E-state index in [-0.39, 0.29) is 36.4 Å². The van der Waals surface area contributed by atoms with Gasteiger partial charge in [0.15, 0.2) is 15.5 Å². The number of sulfone groups is 1. The molecule has 0 atom stereocenters. The maximum atomic E-state index is 12.6. The van der Waals surface area contributed by atoms with Gasteiger partial charge >= 0.3 is 0 Å². The van der Waals surface area contributed by atoms with Crippen LogP contribution in [0, 0.1) is 0 Å². The lowest BCUT2D eigenvalue weighted by Crippen LogP contribution is -2.44. The second-order valence-corrected chi connectivity index (χ2v) is 7.64. The van der Waals surface area contributed by atoms with Crippen LogP contribution in [0.3, 0.4) is 0 Å². The number of rotatable bonds is 3. The molecule has 0 bridgehead atoms. The van der Waals surface area contributed by atoms with E-state index in [1.807, 2.05) is 13.8 Å². The van der Waals surface area contributed by atoms with Gasteiger partial charge in [-0.15, -0.1) is 0 Å². The van der Waals surface area contributed by atoms with E-state index >= 15 is 0 Å². The predicted molar refractivity (Wildman–Crippen MR) is 80.2 cm³/mol. The summed E-state index contributed by atoms with van der Waals surface area (Å²) in [6.45, 7) is 4.34. The summed E-state index contributed by atoms with van der Waals surface area (Å²) < 4.78 is 22.9. The Morgan fingerprint density at radius 3 is 2.48 bits per heavy atom. The largest absolute Gasteiger partial charge is 0.385 e. The molecule has 1 saturated heterocycles. The van der Waals surface area contributed by atoms with Gasteiger partial charge in [-0.1, -0.05) is 13.8 Å². The van der Waals surface area contributed by atoms with Gasteiger partial charge in [0.05, 0.1) is 23.4 Å². The van der Waals surface area contributed by atoms with Gasteiger partial charge in [0.2, 0.25) is 0 Å². The molecule has 1 aromatic heterocycles. The lowest BCUT2D eigenvalue weighted by molar-refractivity contribution is 0.0765. The first-order valence-electron chi connectivity index (χ1n) is 6.88. The van der Waals surface area contributed by atoms with E-state index < -0.39 is 9.84 Å². The van der Waals surface area contributed by atoms with Gasteiger partial charge in [0.1, 0.15) is 5.82 Å². The van der Waals surface area contributed by atoms with Crippen molar-refractivity contribution in [2.75, 3.05) is 37.0 Å². The normalized spacial score (nSPS) is 17.8. The van der Waals surface area contributed by atoms with Crippen molar-refractivity contribution >= 4 is 21.4 Å². The van der Waals surface area contributed by atoms with Crippen LogP contribution in [-0.2, 0) is 9.84 Å². The van der Waals surface area contributed by atoms with Crippen LogP contribution in [0.25, 0.3) is 0 Å². The standard InChI is InChI=1S/C13H20N4O3S/c1-9(2)12-15-8-10(14-3)11(16-12)13(18)17-4-6-21(19,20)7-5-17/h8-9,14H,4-7H2,1-3H3. The Bertz CT molecular complexity index is 629. The average Bonchev–Trinajstić information content (AvgIpc) is 2.45. The molecule has 1 N–H and O–H groups in total. The van der Waals surface area contributed by atoms with Gasteiger partial charge in [0.25, 0.3) is 5.91 Å². The highest BCUT2D eigenvalue weighted by Gasteiger charge is 2.28. The highest BCUT2D eigenvalue weighted by atomic mass is 32.2. The molecule has 1 fully saturated rings. The average molecular weight is 312 g/mol. The molecular formula is C13H20N4O3S. The van der Waals surface area contributed by atoms with E-state index in [4.69, 9.17) is 0 Å². The molecule has 0 radical (unpaired) electrons. The van der Waals surface area contributed by atoms with Gasteiger partial charge in [-0.3, -0.25) is 4.79 Å². The van der Waals surface area contributed by atoms with Crippen LogP contribution in [0.5, 0.6) is 0 Å². The van der Waals surface area contributed by atoms with E-state index in [9.17, 15) is 13.2 Å². The first-order valence-corrected chi connectivity index (χ1v) is 8.70. The van der Waals surface area contributed by atoms with Crippen LogP contribution in [0.15, 0.2) is 6.20 Å². The predicted octanol–water partition coefficient (Wildman–Crippen LogP) is 0.512. The molecule has 21 heavy (non-hydrogen) atoms. The van der Waals surface area contributed by atoms with E-state index in [0.717, 1.165) is 0 Å². The third-order valence-corrected chi connectivity index (χ3v) is 5.04. The molecule has 0 unspecified atom stereocenters. The molecule has 2 heterocycles. The SMILES string of the molecule is CNc1cnc(C(C)C)nc1C(=O)N1CCS(=O)(=O)CC1. The summed E-state index contributed by atoms with van der Waals surface area (Å²) >= 11 is 0. The Balaban J connectivity index is 2.28. The smallest absolute Gasteiger partial charge is 0.274 e. The molecule has 0 saturated carbocycles. The van der Waals surface area contributed by atoms with Crippen LogP contribution < -0.4 is 5.32 Å². The second-order valence-electron chi connectivity index (χ2n) is 5.34. The molecule has 2 rings (SSSR count). The molecular weight excluding hydrogens is 292 g/mol. The molecule has 8 heteroatoms. The number of hydrogen-bond donors (Lipinski definition) is 1. The van der Waals surface area contributed by atoms with E-state index in [1.54, 1.807) is 13.2 Å². The van der Waals surface area contributed by atoms with E-state index in [0.29, 0.717) is 17.2 Å². The molecule has 1 aromatic rings. The van der Waals surface area contributed by atoms with Crippen LogP contribution in [0.1, 0.15) is 36.1 Å². The van der Waals surface area contributed by atoms with Gasteiger partial charge in [-0.2, -0.15) is 0 Å². The molecule has 116 valence electrons. The monoisotopic (exact) mass is 312 g/mol. The fourth-order valence-corrected chi connectivity index (χ4v) is 3.29. The number of amides is 1. The first-order chi connectivity index (χ1) is 9.84. The summed E-state index contributed by atoms with van der Waals surface area (Å²) in [5.41, 5.74) is 0.855. The number of anilines is 1. The lowest BCUT2D eigenvalue weighted by Gasteiger charge is -2.27. The van der Waals surface area contributed by atoms with Crippen LogP contribution in [0.4, 0.5) is 5.69 Å². The Kier molecular flexibility index (Phi) is 4.46. The third kappa shape index (κ3) is 3.49. The Morgan fingerprint density at radius 2 is 1.95 bits per heavy atom. The zero-order valence-corrected chi connectivity index (χ0v) is 13.3. The fraction of sp³-hybridized carbons (Fsp3) is 0.615. The minimum Gasteiger partial charge on any atom is -0.385 e. The highest BCUT2D eigenvalue weighted by molar-refractivity contribution is 7.91. The van der Waals surface area contributed by atoms with Gasteiger partial charge in [0, 0.05) is 26.1 Å². The quantitative estimate of drug-likeness (QED) is 0.874. The number of hydrogen-bond acceptors (Lipinski definition) is 6. The first kappa shape index (κ1) is 15.7. The number of aromatic nitrogens is 2. The second kappa shape index (κ2) is 5.97. The molecule has 7 nitrogen and oxygen atoms in total. The number of carbonyl (C=O) groups excluding carboxylic acids is 1. The number of nitrogens with one attached hydrogen (secondary N) is 1. The molecule has 1 aliphatic rings. The van der Waals surface area contributed by atoms with Crippen LogP contribution in [-0.4, -0.2) is 60.8 Å². The summed E-state index contributed by atoms with van der Waals surface area (Å²) in [5.74, 6) is 0.482. The van der Waals surface area contributed by atoms with Crippen molar-refractivity contribution < 1.29 is 13.2 Å². The summed E-state index contributed by atoms with van der Waals surface area (Å²) in [6.07, 6.45) is 1.59. The van der Waals surface area contributed by atoms with Crippen LogP contribution >= 0.6 is 0 Å². The fourth-order valence-electron chi connectivity index (χ4n) is 2.08. The maximum Gasteiger partial charge on any atom is 0.274 e. The Hall–Kier alpha value is -1.70. The van der Waals surface area contributed by atoms with Gasteiger partial charge in [-0.25, -0.2) is 18.4 Å². The van der Waals surface area contributed by atoms with Crippen molar-refractivity contribution in [2.24, 2.45) is 0 Å². The zero-order valence-electron chi connectivity index (χ0n) is 12.5. The minimum absolute atomic E-state index is 0.00967. The van der Waals surface area contributed by atoms with Crippen molar-refractivity contribution in [3.8, 4) is 0 Å². The Morgan fingerprint density at radius 1 is 1.33 bits per heavy atom. The zero-order chi connectivity index (χ0) is 15.6. The molecule has 0 aliphatic carbocycles.